The molecule has 1 saturated heterocycles. The van der Waals surface area contributed by atoms with Gasteiger partial charge in [0.15, 0.2) is 14.1 Å². The minimum atomic E-state index is -1.77. The van der Waals surface area contributed by atoms with Crippen molar-refractivity contribution in [3.63, 3.8) is 0 Å². The summed E-state index contributed by atoms with van der Waals surface area (Å²) in [6, 6.07) is 0. The van der Waals surface area contributed by atoms with Crippen LogP contribution in [0.5, 0.6) is 0 Å². The van der Waals surface area contributed by atoms with Gasteiger partial charge in [0.05, 0.1) is 24.7 Å². The minimum Gasteiger partial charge on any atom is -0.410 e. The Bertz CT molecular complexity index is 601. The highest BCUT2D eigenvalue weighted by Gasteiger charge is 2.70. The van der Waals surface area contributed by atoms with Gasteiger partial charge >= 0.3 is 0 Å². The molecule has 140 valence electrons. The van der Waals surface area contributed by atoms with Crippen molar-refractivity contribution in [2.24, 2.45) is 23.2 Å². The number of ether oxygens (including phenoxy) is 2. The maximum Gasteiger partial charge on any atom is 0.184 e. The predicted octanol–water partition coefficient (Wildman–Crippen LogP) is 3.92. The largest absolute Gasteiger partial charge is 0.410 e. The van der Waals surface area contributed by atoms with Crippen molar-refractivity contribution in [1.82, 2.24) is 0 Å². The van der Waals surface area contributed by atoms with Crippen LogP contribution < -0.4 is 0 Å². The molecule has 0 N–H and O–H groups in total. The van der Waals surface area contributed by atoms with Gasteiger partial charge in [0.25, 0.3) is 0 Å². The molecule has 25 heavy (non-hydrogen) atoms. The second-order valence-corrected chi connectivity index (χ2v) is 14.0. The van der Waals surface area contributed by atoms with Crippen LogP contribution in [0.4, 0.5) is 0 Å². The number of Topliss-reactive ketones (excluding diaryl/α,β-unsaturated/α-hetero) is 1. The molecule has 5 heteroatoms. The minimum absolute atomic E-state index is 0.0815. The van der Waals surface area contributed by atoms with Crippen LogP contribution in [0.1, 0.15) is 39.5 Å². The van der Waals surface area contributed by atoms with Gasteiger partial charge in [-0.25, -0.2) is 0 Å². The highest BCUT2D eigenvalue weighted by Crippen LogP contribution is 2.67. The molecule has 1 heterocycles. The third kappa shape index (κ3) is 2.53. The van der Waals surface area contributed by atoms with Crippen molar-refractivity contribution in [3.8, 4) is 0 Å². The average Bonchev–Trinajstić information content (AvgIpc) is 3.14. The predicted molar refractivity (Wildman–Crippen MR) is 98.7 cm³/mol. The van der Waals surface area contributed by atoms with E-state index in [1.54, 1.807) is 6.92 Å². The smallest absolute Gasteiger partial charge is 0.184 e. The summed E-state index contributed by atoms with van der Waals surface area (Å²) in [6.45, 7) is 12.0. The van der Waals surface area contributed by atoms with E-state index in [1.165, 1.54) is 5.57 Å². The number of hydrogen-bond acceptors (Lipinski definition) is 4. The van der Waals surface area contributed by atoms with Gasteiger partial charge in [0, 0.05) is 12.3 Å². The van der Waals surface area contributed by atoms with Crippen LogP contribution in [0.2, 0.25) is 19.6 Å². The molecule has 2 saturated carbocycles. The maximum atomic E-state index is 13.2. The molecule has 5 atom stereocenters. The van der Waals surface area contributed by atoms with E-state index >= 15 is 0 Å². The Morgan fingerprint density at radius 2 is 1.92 bits per heavy atom. The lowest BCUT2D eigenvalue weighted by Crippen LogP contribution is -2.54. The molecule has 3 fully saturated rings. The van der Waals surface area contributed by atoms with Crippen molar-refractivity contribution in [3.05, 3.63) is 11.6 Å². The monoisotopic (exact) mass is 364 g/mol. The van der Waals surface area contributed by atoms with Gasteiger partial charge in [-0.1, -0.05) is 11.6 Å². The third-order valence-corrected chi connectivity index (χ3v) is 7.98. The molecule has 1 aliphatic heterocycles. The second-order valence-electron chi connectivity index (χ2n) is 9.55. The molecule has 0 bridgehead atoms. The summed E-state index contributed by atoms with van der Waals surface area (Å²) < 4.78 is 18.9. The fraction of sp³-hybridized carbons (Fsp3) is 0.850. The van der Waals surface area contributed by atoms with Gasteiger partial charge in [-0.15, -0.1) is 0 Å². The van der Waals surface area contributed by atoms with Gasteiger partial charge in [0.1, 0.15) is 5.78 Å². The Hall–Kier alpha value is -0.493. The molecule has 4 rings (SSSR count). The topological polar surface area (TPSA) is 44.8 Å². The Morgan fingerprint density at radius 3 is 2.52 bits per heavy atom. The molecular weight excluding hydrogens is 332 g/mol. The summed E-state index contributed by atoms with van der Waals surface area (Å²) in [5.41, 5.74) is 0.982. The molecule has 4 aliphatic rings. The highest BCUT2D eigenvalue weighted by atomic mass is 28.4. The Kier molecular flexibility index (Phi) is 4.12. The molecular formula is C20H32O4Si. The van der Waals surface area contributed by atoms with E-state index in [9.17, 15) is 4.79 Å². The molecule has 1 unspecified atom stereocenters. The molecule has 3 aliphatic carbocycles. The fourth-order valence-corrected chi connectivity index (χ4v) is 7.43. The van der Waals surface area contributed by atoms with Crippen LogP contribution in [-0.4, -0.2) is 39.2 Å². The van der Waals surface area contributed by atoms with Crippen LogP contribution in [0.3, 0.4) is 0 Å². The molecule has 0 aromatic carbocycles. The third-order valence-electron chi connectivity index (χ3n) is 7.02. The van der Waals surface area contributed by atoms with Gasteiger partial charge in [-0.3, -0.25) is 4.79 Å². The highest BCUT2D eigenvalue weighted by molar-refractivity contribution is 6.69. The first-order chi connectivity index (χ1) is 11.7. The quantitative estimate of drug-likeness (QED) is 0.562. The molecule has 0 aromatic heterocycles. The number of hydrogen-bond donors (Lipinski definition) is 0. The van der Waals surface area contributed by atoms with Crippen LogP contribution in [-0.2, 0) is 18.7 Å². The standard InChI is InChI=1S/C20H32O4Si/c1-13-10-15-12-17-16(6-7-19(17)22-8-9-23-19)20(15,14(2)21)18(11-13)24-25(3,4)5/h11,15-18H,6-10,12H2,1-5H3/t15-,16-,17-,18?,20-/m0/s1. The van der Waals surface area contributed by atoms with E-state index in [4.69, 9.17) is 13.9 Å². The zero-order valence-corrected chi connectivity index (χ0v) is 17.3. The SMILES string of the molecule is CC(=O)[C@]12C(O[Si](C)(C)C)C=C(C)C[C@H]1C[C@H]1[C@@H]2CCC12OCCO2. The van der Waals surface area contributed by atoms with Crippen molar-refractivity contribution >= 4 is 14.1 Å². The molecule has 4 nitrogen and oxygen atoms in total. The van der Waals surface area contributed by atoms with Crippen LogP contribution in [0, 0.1) is 23.2 Å². The first-order valence-corrected chi connectivity index (χ1v) is 13.2. The molecule has 1 spiro atoms. The van der Waals surface area contributed by atoms with E-state index in [0.717, 1.165) is 25.7 Å². The van der Waals surface area contributed by atoms with Crippen molar-refractivity contribution in [2.45, 2.75) is 71.1 Å². The molecule has 0 amide bonds. The zero-order chi connectivity index (χ0) is 18.0. The average molecular weight is 365 g/mol. The number of allylic oxidation sites excluding steroid dienone is 1. The first kappa shape index (κ1) is 17.9. The molecule has 0 aromatic rings. The van der Waals surface area contributed by atoms with Gasteiger partial charge in [0.2, 0.25) is 0 Å². The number of fused-ring (bicyclic) bond motifs is 4. The van der Waals surface area contributed by atoms with Gasteiger partial charge < -0.3 is 13.9 Å². The van der Waals surface area contributed by atoms with Crippen LogP contribution in [0.15, 0.2) is 11.6 Å². The van der Waals surface area contributed by atoms with Crippen molar-refractivity contribution in [2.75, 3.05) is 13.2 Å². The lowest BCUT2D eigenvalue weighted by Gasteiger charge is -2.48. The Labute approximate surface area is 152 Å². The lowest BCUT2D eigenvalue weighted by atomic mass is 9.60. The summed E-state index contributed by atoms with van der Waals surface area (Å²) >= 11 is 0. The number of carbonyl (C=O) groups excluding carboxylic acids is 1. The fourth-order valence-electron chi connectivity index (χ4n) is 6.41. The van der Waals surface area contributed by atoms with Crippen LogP contribution >= 0.6 is 0 Å². The first-order valence-electron chi connectivity index (χ1n) is 9.83. The van der Waals surface area contributed by atoms with Crippen LogP contribution in [0.25, 0.3) is 0 Å². The summed E-state index contributed by atoms with van der Waals surface area (Å²) in [5.74, 6) is 0.889. The number of carbonyl (C=O) groups is 1. The van der Waals surface area contributed by atoms with E-state index in [2.05, 4.69) is 32.6 Å². The van der Waals surface area contributed by atoms with Gasteiger partial charge in [-0.2, -0.15) is 0 Å². The normalized spacial score (nSPS) is 42.4. The summed E-state index contributed by atoms with van der Waals surface area (Å²) in [6.07, 6.45) is 6.16. The number of rotatable bonds is 3. The summed E-state index contributed by atoms with van der Waals surface area (Å²) in [4.78, 5) is 13.2. The van der Waals surface area contributed by atoms with Crippen molar-refractivity contribution < 1.29 is 18.7 Å². The molecule has 0 radical (unpaired) electrons. The van der Waals surface area contributed by atoms with Gasteiger partial charge in [-0.05, 0) is 64.6 Å². The van der Waals surface area contributed by atoms with Crippen molar-refractivity contribution in [1.29, 1.82) is 0 Å². The Morgan fingerprint density at radius 1 is 1.24 bits per heavy atom. The summed E-state index contributed by atoms with van der Waals surface area (Å²) in [5, 5.41) is 0. The zero-order valence-electron chi connectivity index (χ0n) is 16.3. The lowest BCUT2D eigenvalue weighted by molar-refractivity contribution is -0.185. The Balaban J connectivity index is 1.77. The summed E-state index contributed by atoms with van der Waals surface area (Å²) in [7, 11) is -1.77. The van der Waals surface area contributed by atoms with E-state index in [-0.39, 0.29) is 11.5 Å². The van der Waals surface area contributed by atoms with E-state index < -0.39 is 14.1 Å². The maximum absolute atomic E-state index is 13.2. The van der Waals surface area contributed by atoms with E-state index in [1.807, 2.05) is 0 Å². The number of ketones is 1. The second kappa shape index (κ2) is 5.75. The van der Waals surface area contributed by atoms with E-state index in [0.29, 0.717) is 36.8 Å².